The number of aryl methyl sites for hydroxylation is 2. The molecule has 12 heteroatoms. The molecular weight excluding hydrogens is 558 g/mol. The minimum Gasteiger partial charge on any atom is -0.493 e. The molecule has 1 aliphatic heterocycles. The second-order valence-electron chi connectivity index (χ2n) is 9.94. The Morgan fingerprint density at radius 2 is 1.60 bits per heavy atom. The molecule has 1 heterocycles. The summed E-state index contributed by atoms with van der Waals surface area (Å²) in [5.74, 6) is -0.874. The highest BCUT2D eigenvalue weighted by Gasteiger charge is 2.31. The van der Waals surface area contributed by atoms with Crippen LogP contribution in [-0.2, 0) is 27.2 Å². The lowest BCUT2D eigenvalue weighted by atomic mass is 10.1. The number of amides is 3. The third-order valence-corrected chi connectivity index (χ3v) is 7.32. The van der Waals surface area contributed by atoms with Gasteiger partial charge in [0.15, 0.2) is 17.2 Å². The molecule has 0 saturated carbocycles. The Morgan fingerprint density at radius 3 is 2.28 bits per heavy atom. The van der Waals surface area contributed by atoms with Gasteiger partial charge in [-0.05, 0) is 66.8 Å². The number of methoxy groups -OCH3 is 4. The first-order chi connectivity index (χ1) is 20.7. The van der Waals surface area contributed by atoms with Crippen molar-refractivity contribution in [3.05, 3.63) is 64.7 Å². The molecule has 3 amide bonds. The van der Waals surface area contributed by atoms with Crippen LogP contribution < -0.4 is 34.9 Å². The monoisotopic (exact) mass is 589 g/mol. The summed E-state index contributed by atoms with van der Waals surface area (Å²) in [7, 11) is 5.53. The molecule has 0 aromatic heterocycles. The number of hydrogen-bond donors (Lipinski definition) is 3. The molecule has 1 atom stereocenters. The van der Waals surface area contributed by atoms with Crippen molar-refractivity contribution in [2.75, 3.05) is 39.1 Å². The van der Waals surface area contributed by atoms with Gasteiger partial charge in [0, 0.05) is 5.56 Å². The largest absolute Gasteiger partial charge is 0.493 e. The van der Waals surface area contributed by atoms with Gasteiger partial charge in [-0.1, -0.05) is 6.07 Å². The maximum Gasteiger partial charge on any atom is 0.308 e. The minimum absolute atomic E-state index is 0.0858. The number of rotatable bonds is 9. The van der Waals surface area contributed by atoms with E-state index in [1.165, 1.54) is 63.8 Å². The summed E-state index contributed by atoms with van der Waals surface area (Å²) in [4.78, 5) is 51.5. The Labute approximate surface area is 247 Å². The molecule has 0 radical (unpaired) electrons. The topological polar surface area (TPSA) is 151 Å². The molecule has 12 nitrogen and oxygen atoms in total. The van der Waals surface area contributed by atoms with E-state index in [0.29, 0.717) is 11.5 Å². The number of carbonyl (C=O) groups excluding carboxylic acids is 4. The summed E-state index contributed by atoms with van der Waals surface area (Å²) in [5, 5.41) is 8.05. The molecule has 3 N–H and O–H groups in total. The van der Waals surface area contributed by atoms with Crippen LogP contribution in [0.25, 0.3) is 0 Å². The van der Waals surface area contributed by atoms with E-state index in [1.54, 1.807) is 0 Å². The van der Waals surface area contributed by atoms with Gasteiger partial charge >= 0.3 is 5.97 Å². The van der Waals surface area contributed by atoms with Gasteiger partial charge in [0.1, 0.15) is 11.8 Å². The fraction of sp³-hybridized carbons (Fsp3) is 0.290. The number of nitrogens with one attached hydrogen (secondary N) is 3. The van der Waals surface area contributed by atoms with E-state index in [2.05, 4.69) is 20.7 Å². The molecule has 0 saturated heterocycles. The smallest absolute Gasteiger partial charge is 0.308 e. The predicted molar refractivity (Wildman–Crippen MR) is 156 cm³/mol. The van der Waals surface area contributed by atoms with Crippen molar-refractivity contribution >= 4 is 35.1 Å². The van der Waals surface area contributed by atoms with Crippen molar-refractivity contribution in [1.82, 2.24) is 5.32 Å². The second kappa shape index (κ2) is 12.3. The van der Waals surface area contributed by atoms with Crippen LogP contribution in [0.4, 0.5) is 11.4 Å². The molecule has 224 valence electrons. The first-order valence-corrected chi connectivity index (χ1v) is 13.5. The van der Waals surface area contributed by atoms with Crippen LogP contribution in [0.15, 0.2) is 42.5 Å². The lowest BCUT2D eigenvalue weighted by Gasteiger charge is -2.17. The standard InChI is InChI=1S/C31H31N3O9/c1-39-25-11-18(12-26(40-2)28(25)42-4)29(36)33-22-14-21-20(30(37)34-23(31(38)32-21)15-27(35)41-3)13-24(22)43-19-9-8-16-6-5-7-17(16)10-19/h8-14,23H,5-7,15H2,1-4H3,(H,32,38)(H,33,36)(H,34,37)/t23-/m0/s1. The van der Waals surface area contributed by atoms with Gasteiger partial charge < -0.3 is 39.6 Å². The molecule has 5 rings (SSSR count). The van der Waals surface area contributed by atoms with Crippen LogP contribution in [0, 0.1) is 0 Å². The van der Waals surface area contributed by atoms with Crippen LogP contribution in [-0.4, -0.2) is 58.2 Å². The molecule has 1 aliphatic carbocycles. The summed E-state index contributed by atoms with van der Waals surface area (Å²) in [6.45, 7) is 0. The number of hydrogen-bond acceptors (Lipinski definition) is 9. The lowest BCUT2D eigenvalue weighted by Crippen LogP contribution is -2.42. The Morgan fingerprint density at radius 1 is 0.884 bits per heavy atom. The number of carbonyl (C=O) groups is 4. The highest BCUT2D eigenvalue weighted by Crippen LogP contribution is 2.40. The molecule has 3 aromatic rings. The van der Waals surface area contributed by atoms with Crippen LogP contribution in [0.5, 0.6) is 28.7 Å². The fourth-order valence-electron chi connectivity index (χ4n) is 5.11. The molecule has 3 aromatic carbocycles. The number of anilines is 2. The first kappa shape index (κ1) is 29.2. The van der Waals surface area contributed by atoms with E-state index in [0.717, 1.165) is 19.3 Å². The second-order valence-corrected chi connectivity index (χ2v) is 9.94. The van der Waals surface area contributed by atoms with Gasteiger partial charge in [0.25, 0.3) is 11.8 Å². The van der Waals surface area contributed by atoms with Gasteiger partial charge in [-0.15, -0.1) is 0 Å². The normalized spacial score (nSPS) is 15.2. The van der Waals surface area contributed by atoms with Crippen molar-refractivity contribution in [3.63, 3.8) is 0 Å². The van der Waals surface area contributed by atoms with E-state index in [9.17, 15) is 19.2 Å². The van der Waals surface area contributed by atoms with E-state index < -0.39 is 29.7 Å². The number of benzene rings is 3. The lowest BCUT2D eigenvalue weighted by molar-refractivity contribution is -0.142. The predicted octanol–water partition coefficient (Wildman–Crippen LogP) is 3.86. The van der Waals surface area contributed by atoms with E-state index in [4.69, 9.17) is 18.9 Å². The number of fused-ring (bicyclic) bond motifs is 2. The van der Waals surface area contributed by atoms with Gasteiger partial charge in [-0.2, -0.15) is 0 Å². The van der Waals surface area contributed by atoms with Crippen LogP contribution in [0.1, 0.15) is 44.7 Å². The summed E-state index contributed by atoms with van der Waals surface area (Å²) in [5.41, 5.74) is 3.00. The maximum absolute atomic E-state index is 13.5. The third kappa shape index (κ3) is 6.03. The molecule has 0 fully saturated rings. The first-order valence-electron chi connectivity index (χ1n) is 13.5. The van der Waals surface area contributed by atoms with Gasteiger partial charge in [0.05, 0.1) is 51.8 Å². The van der Waals surface area contributed by atoms with Gasteiger partial charge in [0.2, 0.25) is 11.7 Å². The van der Waals surface area contributed by atoms with Crippen LogP contribution >= 0.6 is 0 Å². The Balaban J connectivity index is 1.54. The summed E-state index contributed by atoms with van der Waals surface area (Å²) in [6.07, 6.45) is 2.63. The Bertz CT molecular complexity index is 1590. The van der Waals surface area contributed by atoms with Gasteiger partial charge in [-0.3, -0.25) is 19.2 Å². The van der Waals surface area contributed by atoms with Crippen molar-refractivity contribution in [2.24, 2.45) is 0 Å². The third-order valence-electron chi connectivity index (χ3n) is 7.32. The number of ether oxygens (including phenoxy) is 5. The van der Waals surface area contributed by atoms with E-state index >= 15 is 0 Å². The molecule has 2 aliphatic rings. The van der Waals surface area contributed by atoms with E-state index in [-0.39, 0.29) is 46.2 Å². The SMILES string of the molecule is COC(=O)C[C@@H]1NC(=O)c2cc(Oc3ccc4c(c3)CCC4)c(NC(=O)c3cc(OC)c(OC)c(OC)c3)cc2NC1=O. The average molecular weight is 590 g/mol. The van der Waals surface area contributed by atoms with Crippen molar-refractivity contribution < 1.29 is 42.9 Å². The summed E-state index contributed by atoms with van der Waals surface area (Å²) >= 11 is 0. The highest BCUT2D eigenvalue weighted by atomic mass is 16.5. The van der Waals surface area contributed by atoms with Crippen molar-refractivity contribution in [3.8, 4) is 28.7 Å². The van der Waals surface area contributed by atoms with Crippen LogP contribution in [0.2, 0.25) is 0 Å². The number of esters is 1. The van der Waals surface area contributed by atoms with E-state index in [1.807, 2.05) is 18.2 Å². The molecule has 0 spiro atoms. The van der Waals surface area contributed by atoms with Crippen LogP contribution in [0.3, 0.4) is 0 Å². The minimum atomic E-state index is -1.16. The zero-order valence-corrected chi connectivity index (χ0v) is 24.1. The zero-order chi connectivity index (χ0) is 30.7. The Hall–Kier alpha value is -5.26. The highest BCUT2D eigenvalue weighted by molar-refractivity contribution is 6.13. The Kier molecular flexibility index (Phi) is 8.37. The molecule has 0 unspecified atom stereocenters. The van der Waals surface area contributed by atoms with Crippen molar-refractivity contribution in [2.45, 2.75) is 31.7 Å². The summed E-state index contributed by atoms with van der Waals surface area (Å²) < 4.78 is 27.0. The molecule has 0 bridgehead atoms. The van der Waals surface area contributed by atoms with Crippen molar-refractivity contribution in [1.29, 1.82) is 0 Å². The molecule has 43 heavy (non-hydrogen) atoms. The quantitative estimate of drug-likeness (QED) is 0.316. The maximum atomic E-state index is 13.5. The van der Waals surface area contributed by atoms with Gasteiger partial charge in [-0.25, -0.2) is 0 Å². The summed E-state index contributed by atoms with van der Waals surface area (Å²) in [6, 6.07) is 10.5. The zero-order valence-electron chi connectivity index (χ0n) is 24.1. The molecular formula is C31H31N3O9. The fourth-order valence-corrected chi connectivity index (χ4v) is 5.11. The average Bonchev–Trinajstić information content (AvgIpc) is 3.44.